The normalized spacial score (nSPS) is 24.5. The Labute approximate surface area is 834 Å². The van der Waals surface area contributed by atoms with Crippen molar-refractivity contribution in [3.05, 3.63) is 114 Å². The fraction of sp³-hybridized carbons (Fsp3) is 0.511. The fourth-order valence-corrected chi connectivity index (χ4v) is 17.8. The first-order valence-corrected chi connectivity index (χ1v) is 49.3. The number of phenols is 1. The van der Waals surface area contributed by atoms with Crippen LogP contribution in [0.2, 0.25) is 0 Å². The van der Waals surface area contributed by atoms with E-state index in [4.69, 9.17) is 17.2 Å². The van der Waals surface area contributed by atoms with Crippen LogP contribution in [0.5, 0.6) is 5.75 Å². The van der Waals surface area contributed by atoms with Gasteiger partial charge in [-0.3, -0.25) is 110 Å². The average Bonchev–Trinajstić information content (AvgIpc) is 1.02. The van der Waals surface area contributed by atoms with Crippen molar-refractivity contribution >= 4 is 182 Å². The second kappa shape index (κ2) is 56.4. The van der Waals surface area contributed by atoms with E-state index in [0.29, 0.717) is 21.9 Å². The van der Waals surface area contributed by atoms with E-state index in [2.05, 4.69) is 74.4 Å². The lowest BCUT2D eigenvalue weighted by molar-refractivity contribution is -0.142. The van der Waals surface area contributed by atoms with Gasteiger partial charge < -0.3 is 132 Å². The predicted octanol–water partition coefficient (Wildman–Crippen LogP) is -5.27. The zero-order valence-corrected chi connectivity index (χ0v) is 81.9. The summed E-state index contributed by atoms with van der Waals surface area (Å²) in [7, 11) is 0. The molecule has 3 heterocycles. The van der Waals surface area contributed by atoms with Crippen molar-refractivity contribution in [3.8, 4) is 5.75 Å². The molecule has 0 radical (unpaired) electrons. The molecule has 0 spiro atoms. The molecule has 4 bridgehead atoms. The van der Waals surface area contributed by atoms with Gasteiger partial charge >= 0.3 is 23.9 Å². The van der Waals surface area contributed by atoms with Gasteiger partial charge in [-0.05, 0) is 78.6 Å². The van der Waals surface area contributed by atoms with Gasteiger partial charge in [0.15, 0.2) is 0 Å². The molecule has 3 aliphatic heterocycles. The summed E-state index contributed by atoms with van der Waals surface area (Å²) < 4.78 is 0. The van der Waals surface area contributed by atoms with E-state index < -0.39 is 309 Å². The van der Waals surface area contributed by atoms with Crippen molar-refractivity contribution in [2.45, 2.75) is 216 Å². The van der Waals surface area contributed by atoms with Crippen LogP contribution in [0.15, 0.2) is 97.1 Å². The lowest BCUT2D eigenvalue weighted by atomic mass is 9.85. The zero-order valence-electron chi connectivity index (χ0n) is 79.5. The van der Waals surface area contributed by atoms with Gasteiger partial charge in [0.2, 0.25) is 112 Å². The Kier molecular flexibility index (Phi) is 45.7. The number of hydrogen-bond acceptors (Lipinski definition) is 28. The molecular weight excluding hydrogens is 1930 g/mol. The zero-order chi connectivity index (χ0) is 106. The van der Waals surface area contributed by atoms with Gasteiger partial charge in [-0.1, -0.05) is 106 Å². The number of phenolic OH excluding ortho intramolecular Hbond substituents is 1. The molecule has 51 heteroatoms. The maximum Gasteiger partial charge on any atom is 0.305 e. The van der Waals surface area contributed by atoms with E-state index in [-0.39, 0.29) is 92.2 Å². The number of nitrogens with one attached hydrogen (secondary N) is 14. The number of rotatable bonds is 21. The van der Waals surface area contributed by atoms with Crippen LogP contribution < -0.4 is 91.6 Å². The van der Waals surface area contributed by atoms with Crippen molar-refractivity contribution in [3.63, 3.8) is 0 Å². The average molecular weight is 2050 g/mol. The number of fused-ring (bicyclic) bond motifs is 10. The Hall–Kier alpha value is -14.2. The molecule has 7 rings (SSSR count). The number of carboxylic acids is 4. The predicted molar refractivity (Wildman–Crippen MR) is 518 cm³/mol. The number of aromatic hydroxyl groups is 1. The summed E-state index contributed by atoms with van der Waals surface area (Å²) >= 11 is 2.77. The topological polar surface area (TPSA) is 750 Å². The maximum atomic E-state index is 15.3. The number of nitrogens with zero attached hydrogens (tertiary/aromatic N) is 3. The molecule has 4 aromatic carbocycles. The number of nitrogens with two attached hydrogens (primary N) is 3. The first-order chi connectivity index (χ1) is 67.5. The molecule has 19 amide bonds. The van der Waals surface area contributed by atoms with Gasteiger partial charge in [0, 0.05) is 125 Å². The molecule has 3 saturated heterocycles. The van der Waals surface area contributed by atoms with Crippen LogP contribution >= 0.6 is 35.3 Å². The number of hydrogen-bond donors (Lipinski definition) is 22. The number of benzene rings is 4. The monoisotopic (exact) mass is 2050 g/mol. The molecule has 3 fully saturated rings. The quantitative estimate of drug-likeness (QED) is 0.0371. The van der Waals surface area contributed by atoms with Crippen LogP contribution in [0.3, 0.4) is 0 Å². The Bertz CT molecular complexity index is 5300. The summed E-state index contributed by atoms with van der Waals surface area (Å²) in [5, 5.41) is 85.9. The van der Waals surface area contributed by atoms with Crippen LogP contribution in [0, 0.1) is 5.41 Å². The molecule has 1 unspecified atom stereocenters. The summed E-state index contributed by atoms with van der Waals surface area (Å²) in [5.41, 5.74) is 16.9. The maximum absolute atomic E-state index is 15.3. The molecule has 0 aliphatic carbocycles. The molecule has 15 atom stereocenters. The molecule has 778 valence electrons. The highest BCUT2D eigenvalue weighted by molar-refractivity contribution is 7.99. The van der Waals surface area contributed by atoms with E-state index >= 15 is 14.4 Å². The SMILES string of the molecule is C[C@H](N)C(=O)N[C@H]1CSCCC(=O)N2CCN3CCN(CC2)C(=O)CCSC[C@@H](NC(=O)[C@@H](C)NC(=O)[C@H](Cc2cccc4ccccc24)NC(=O)[C@H](CCC(=O)O)NC(=O)[C@H](CC(N)=O)NC(=O)[C@@H](C)NC1=O)C(=O)N[C@@H](CCC(=O)O)C(=O)N[C@@H](CC(=O)O)C(=O)N[C@@H](Cc1ccccc1)C(=O)N[C@@H](Cc1ccc(O)cc1)C(=O)NC(CC(=O)O)C(=O)N[C@@H](C(C)(C)C)C(=O)N[C@H](C(N)=O)CSCCC3=O. The van der Waals surface area contributed by atoms with Gasteiger partial charge in [-0.15, -0.1) is 0 Å². The Balaban J connectivity index is 1.36. The fourth-order valence-electron chi connectivity index (χ4n) is 14.9. The van der Waals surface area contributed by atoms with E-state index in [1.165, 1.54) is 90.9 Å². The second-order valence-corrected chi connectivity index (χ2v) is 38.8. The number of aliphatic carboxylic acids is 4. The van der Waals surface area contributed by atoms with Gasteiger partial charge in [-0.2, -0.15) is 35.3 Å². The molecule has 4 aromatic rings. The minimum atomic E-state index is -2.27. The molecule has 3 aliphatic rings. The van der Waals surface area contributed by atoms with Crippen LogP contribution in [0.25, 0.3) is 10.8 Å². The molecule has 48 nitrogen and oxygen atoms in total. The van der Waals surface area contributed by atoms with Crippen molar-refractivity contribution in [2.75, 3.05) is 73.8 Å². The summed E-state index contributed by atoms with van der Waals surface area (Å²) in [4.78, 5) is 330. The second-order valence-electron chi connectivity index (χ2n) is 35.4. The Morgan fingerprint density at radius 2 is 0.790 bits per heavy atom. The van der Waals surface area contributed by atoms with Crippen LogP contribution in [-0.4, -0.2) is 341 Å². The highest BCUT2D eigenvalue weighted by atomic mass is 32.2. The highest BCUT2D eigenvalue weighted by Gasteiger charge is 2.42. The van der Waals surface area contributed by atoms with E-state index in [1.54, 1.807) is 48.5 Å². The summed E-state index contributed by atoms with van der Waals surface area (Å²) in [5.74, 6) is -29.4. The molecule has 0 saturated carbocycles. The standard InChI is InChI=1S/C92H124N20O28S3/c1-48(93)78(127)107-66-46-142-37-28-70(116)111-32-30-110-31-33-112(35-34-111)71(117)29-38-143-47-67(108-80(129)50(3)96-83(132)61(41-54-17-12-16-53-15-10-11-18-56(53)54)103-81(130)57(23-25-72(118)119)98-86(135)62(42-68(94)114)100-79(128)49(2)97-89(66)138)90(139)99-58(24-26-73(120)121)82(131)104-63(43-74(122)123)87(136)102-59(39-51-13-8-7-9-14-51)84(133)101-60(40-52-19-21-55(113)22-20-52)85(134)105-64(44-75(124)125)88(137)109-76(92(4,5)6)91(140)106-65(77(95)126)45-141-36-27-69(110)115/h7-22,48-50,57-67,76,113H,23-47,93H2,1-6H3,(H2,94,114)(H2,95,126)(H,96,132)(H,97,138)(H,98,135)(H,99,139)(H,100,128)(H,101,133)(H,102,136)(H,103,130)(H,104,131)(H,105,134)(H,106,140)(H,107,127)(H,108,129)(H,109,137)(H,118,119)(H,120,121)(H,122,123)(H,124,125)/t48-,49+,50+,57-,58-,59-,60-,61-,62-,63-,64?,65-,66-,67+,76+/m0/s1. The number of carbonyl (C=O) groups excluding carboxylic acids is 19. The van der Waals surface area contributed by atoms with Crippen molar-refractivity contribution in [1.29, 1.82) is 0 Å². The van der Waals surface area contributed by atoms with Crippen LogP contribution in [-0.2, 0) is 130 Å². The number of carbonyl (C=O) groups is 23. The first-order valence-electron chi connectivity index (χ1n) is 45.8. The van der Waals surface area contributed by atoms with Gasteiger partial charge in [0.1, 0.15) is 90.3 Å². The number of thioether (sulfide) groups is 3. The van der Waals surface area contributed by atoms with Gasteiger partial charge in [0.05, 0.1) is 25.3 Å². The largest absolute Gasteiger partial charge is 0.508 e. The Morgan fingerprint density at radius 1 is 0.406 bits per heavy atom. The Morgan fingerprint density at radius 3 is 1.26 bits per heavy atom. The van der Waals surface area contributed by atoms with Gasteiger partial charge in [0.25, 0.3) is 0 Å². The third kappa shape index (κ3) is 38.6. The van der Waals surface area contributed by atoms with E-state index in [1.807, 2.05) is 0 Å². The summed E-state index contributed by atoms with van der Waals surface area (Å²) in [6.45, 7) is 7.02. The smallest absolute Gasteiger partial charge is 0.305 e. The minimum Gasteiger partial charge on any atom is -0.508 e. The molecule has 25 N–H and O–H groups in total. The molecule has 0 aromatic heterocycles. The number of carboxylic acid groups (broad SMARTS) is 4. The van der Waals surface area contributed by atoms with Crippen LogP contribution in [0.1, 0.15) is 122 Å². The van der Waals surface area contributed by atoms with Crippen molar-refractivity contribution in [1.82, 2.24) is 89.1 Å². The third-order valence-electron chi connectivity index (χ3n) is 23.0. The molecule has 143 heavy (non-hydrogen) atoms. The minimum absolute atomic E-state index is 0.0739. The highest BCUT2D eigenvalue weighted by Crippen LogP contribution is 2.25. The van der Waals surface area contributed by atoms with Crippen molar-refractivity contribution < 1.29 is 136 Å². The van der Waals surface area contributed by atoms with Crippen molar-refractivity contribution in [2.24, 2.45) is 22.6 Å². The number of primary amides is 2. The summed E-state index contributed by atoms with van der Waals surface area (Å²) in [6, 6.07) is -2.86. The van der Waals surface area contributed by atoms with E-state index in [0.717, 1.165) is 49.1 Å². The lowest BCUT2D eigenvalue weighted by Gasteiger charge is -2.33. The number of amides is 19. The van der Waals surface area contributed by atoms with Crippen LogP contribution in [0.4, 0.5) is 0 Å². The molecular formula is C92H124N20O28S3. The first kappa shape index (κ1) is 116. The summed E-state index contributed by atoms with van der Waals surface area (Å²) in [6.07, 6.45) is -9.37. The van der Waals surface area contributed by atoms with Gasteiger partial charge in [-0.25, -0.2) is 0 Å². The lowest BCUT2D eigenvalue weighted by Crippen LogP contribution is -2.62. The third-order valence-corrected chi connectivity index (χ3v) is 26.1. The van der Waals surface area contributed by atoms with E-state index in [9.17, 15) is 121 Å².